The second kappa shape index (κ2) is 6.20. The Hall–Kier alpha value is -0.980. The van der Waals surface area contributed by atoms with Gasteiger partial charge in [-0.3, -0.25) is 0 Å². The predicted molar refractivity (Wildman–Crippen MR) is 88.7 cm³/mol. The second-order valence-corrected chi connectivity index (χ2v) is 6.35. The van der Waals surface area contributed by atoms with Gasteiger partial charge in [-0.05, 0) is 24.0 Å². The van der Waals surface area contributed by atoms with Crippen molar-refractivity contribution in [1.29, 1.82) is 0 Å². The van der Waals surface area contributed by atoms with E-state index in [1.165, 1.54) is 0 Å². The topological polar surface area (TPSA) is 0 Å². The molecule has 20 heavy (non-hydrogen) atoms. The van der Waals surface area contributed by atoms with Crippen LogP contribution in [0.15, 0.2) is 60.7 Å². The zero-order valence-electron chi connectivity index (χ0n) is 11.9. The van der Waals surface area contributed by atoms with Gasteiger partial charge in [-0.15, -0.1) is 23.2 Å². The van der Waals surface area contributed by atoms with E-state index in [9.17, 15) is 0 Å². The molecule has 2 heteroatoms. The first-order valence-electron chi connectivity index (χ1n) is 7.07. The summed E-state index contributed by atoms with van der Waals surface area (Å²) in [5.41, 5.74) is 2.10. The van der Waals surface area contributed by atoms with Gasteiger partial charge in [-0.25, -0.2) is 0 Å². The first-order valence-corrected chi connectivity index (χ1v) is 7.83. The van der Waals surface area contributed by atoms with Gasteiger partial charge in [0.1, 0.15) is 4.87 Å². The van der Waals surface area contributed by atoms with E-state index in [-0.39, 0.29) is 0 Å². The molecule has 0 fully saturated rings. The van der Waals surface area contributed by atoms with Crippen LogP contribution in [0.3, 0.4) is 0 Å². The summed E-state index contributed by atoms with van der Waals surface area (Å²) in [7, 11) is 0. The smallest absolute Gasteiger partial charge is 0.113 e. The molecule has 0 N–H and O–H groups in total. The van der Waals surface area contributed by atoms with Crippen molar-refractivity contribution in [1.82, 2.24) is 0 Å². The highest BCUT2D eigenvalue weighted by Gasteiger charge is 2.49. The zero-order chi connectivity index (χ0) is 14.6. The molecule has 0 aromatic heterocycles. The van der Waals surface area contributed by atoms with Crippen molar-refractivity contribution in [2.75, 3.05) is 0 Å². The molecule has 0 saturated carbocycles. The Morgan fingerprint density at radius 2 is 1.05 bits per heavy atom. The van der Waals surface area contributed by atoms with E-state index < -0.39 is 9.75 Å². The molecule has 0 amide bonds. The fourth-order valence-corrected chi connectivity index (χ4v) is 3.49. The standard InChI is InChI=1S/C18H20Cl2/c1-3-17(19,4-2)18(20,15-11-7-5-8-12-15)16-13-9-6-10-14-16/h5-14H,3-4H2,1-2H3. The minimum atomic E-state index is -0.722. The van der Waals surface area contributed by atoms with E-state index in [1.807, 2.05) is 36.4 Å². The van der Waals surface area contributed by atoms with Crippen molar-refractivity contribution in [2.24, 2.45) is 0 Å². The van der Waals surface area contributed by atoms with E-state index in [1.54, 1.807) is 0 Å². The van der Waals surface area contributed by atoms with Crippen molar-refractivity contribution in [2.45, 2.75) is 36.4 Å². The molecule has 0 aliphatic carbocycles. The Bertz CT molecular complexity index is 490. The van der Waals surface area contributed by atoms with Gasteiger partial charge < -0.3 is 0 Å². The van der Waals surface area contributed by atoms with Crippen LogP contribution in [0.4, 0.5) is 0 Å². The lowest BCUT2D eigenvalue weighted by atomic mass is 9.76. The van der Waals surface area contributed by atoms with Crippen LogP contribution in [0.5, 0.6) is 0 Å². The molecule has 0 nitrogen and oxygen atoms in total. The molecule has 0 aliphatic rings. The van der Waals surface area contributed by atoms with Crippen LogP contribution in [-0.2, 0) is 4.87 Å². The third-order valence-electron chi connectivity index (χ3n) is 4.08. The van der Waals surface area contributed by atoms with Gasteiger partial charge >= 0.3 is 0 Å². The molecule has 0 saturated heterocycles. The third kappa shape index (κ3) is 2.47. The largest absolute Gasteiger partial charge is 0.117 e. The van der Waals surface area contributed by atoms with Crippen molar-refractivity contribution in [3.05, 3.63) is 71.8 Å². The summed E-state index contributed by atoms with van der Waals surface area (Å²) < 4.78 is 0. The van der Waals surface area contributed by atoms with E-state index in [0.29, 0.717) is 0 Å². The van der Waals surface area contributed by atoms with Crippen LogP contribution < -0.4 is 0 Å². The van der Waals surface area contributed by atoms with Gasteiger partial charge in [0, 0.05) is 0 Å². The Morgan fingerprint density at radius 3 is 1.35 bits per heavy atom. The predicted octanol–water partition coefficient (Wildman–Crippen LogP) is 5.97. The number of alkyl halides is 2. The first kappa shape index (κ1) is 15.4. The molecule has 0 bridgehead atoms. The Morgan fingerprint density at radius 1 is 0.700 bits per heavy atom. The van der Waals surface area contributed by atoms with Gasteiger partial charge in [-0.2, -0.15) is 0 Å². The number of rotatable bonds is 5. The van der Waals surface area contributed by atoms with Gasteiger partial charge in [0.15, 0.2) is 0 Å². The molecule has 2 rings (SSSR count). The lowest BCUT2D eigenvalue weighted by Crippen LogP contribution is -2.43. The molecule has 106 valence electrons. The maximum Gasteiger partial charge on any atom is 0.113 e. The summed E-state index contributed by atoms with van der Waals surface area (Å²) in [5, 5.41) is 0. The minimum Gasteiger partial charge on any atom is -0.117 e. The number of halogens is 2. The van der Waals surface area contributed by atoms with Crippen molar-refractivity contribution in [3.8, 4) is 0 Å². The van der Waals surface area contributed by atoms with Gasteiger partial charge in [0.05, 0.1) is 4.87 Å². The van der Waals surface area contributed by atoms with Crippen LogP contribution in [0.25, 0.3) is 0 Å². The molecular weight excluding hydrogens is 287 g/mol. The summed E-state index contributed by atoms with van der Waals surface area (Å²) in [6, 6.07) is 20.3. The number of benzene rings is 2. The molecule has 0 radical (unpaired) electrons. The van der Waals surface area contributed by atoms with E-state index >= 15 is 0 Å². The second-order valence-electron chi connectivity index (χ2n) is 5.06. The van der Waals surface area contributed by atoms with Gasteiger partial charge in [0.2, 0.25) is 0 Å². The summed E-state index contributed by atoms with van der Waals surface area (Å²) in [6.07, 6.45) is 1.61. The average molecular weight is 307 g/mol. The van der Waals surface area contributed by atoms with Gasteiger partial charge in [-0.1, -0.05) is 74.5 Å². The Kier molecular flexibility index (Phi) is 4.78. The monoisotopic (exact) mass is 306 g/mol. The van der Waals surface area contributed by atoms with E-state index in [4.69, 9.17) is 23.2 Å². The SMILES string of the molecule is CCC(Cl)(CC)C(Cl)(c1ccccc1)c1ccccc1. The van der Waals surface area contributed by atoms with E-state index in [2.05, 4.69) is 38.1 Å². The van der Waals surface area contributed by atoms with Crippen molar-refractivity contribution >= 4 is 23.2 Å². The average Bonchev–Trinajstić information content (AvgIpc) is 2.54. The fraction of sp³-hybridized carbons (Fsp3) is 0.333. The lowest BCUT2D eigenvalue weighted by molar-refractivity contribution is 0.436. The third-order valence-corrected chi connectivity index (χ3v) is 5.79. The fourth-order valence-electron chi connectivity index (χ4n) is 2.76. The Labute approximate surface area is 131 Å². The maximum absolute atomic E-state index is 7.17. The van der Waals surface area contributed by atoms with Crippen LogP contribution in [0.1, 0.15) is 37.8 Å². The van der Waals surface area contributed by atoms with Crippen molar-refractivity contribution in [3.63, 3.8) is 0 Å². The molecular formula is C18H20Cl2. The van der Waals surface area contributed by atoms with Crippen LogP contribution in [0.2, 0.25) is 0 Å². The number of hydrogen-bond donors (Lipinski definition) is 0. The normalized spacial score (nSPS) is 12.4. The highest BCUT2D eigenvalue weighted by Crippen LogP contribution is 2.52. The highest BCUT2D eigenvalue weighted by molar-refractivity contribution is 6.36. The molecule has 2 aromatic carbocycles. The van der Waals surface area contributed by atoms with Crippen molar-refractivity contribution < 1.29 is 0 Å². The summed E-state index contributed by atoms with van der Waals surface area (Å²) in [4.78, 5) is -1.24. The molecule has 0 atom stereocenters. The van der Waals surface area contributed by atoms with Gasteiger partial charge in [0.25, 0.3) is 0 Å². The number of hydrogen-bond acceptors (Lipinski definition) is 0. The molecule has 0 unspecified atom stereocenters. The molecule has 0 spiro atoms. The van der Waals surface area contributed by atoms with Crippen LogP contribution in [-0.4, -0.2) is 4.87 Å². The highest BCUT2D eigenvalue weighted by atomic mass is 35.5. The molecule has 0 aliphatic heterocycles. The zero-order valence-corrected chi connectivity index (χ0v) is 13.5. The summed E-state index contributed by atoms with van der Waals surface area (Å²) >= 11 is 14.1. The minimum absolute atomic E-state index is 0.517. The summed E-state index contributed by atoms with van der Waals surface area (Å²) in [5.74, 6) is 0. The quantitative estimate of drug-likeness (QED) is 0.597. The molecule has 2 aromatic rings. The first-order chi connectivity index (χ1) is 9.58. The lowest BCUT2D eigenvalue weighted by Gasteiger charge is -2.42. The van der Waals surface area contributed by atoms with E-state index in [0.717, 1.165) is 24.0 Å². The van der Waals surface area contributed by atoms with Crippen LogP contribution in [0, 0.1) is 0 Å². The van der Waals surface area contributed by atoms with Crippen LogP contribution >= 0.6 is 23.2 Å². The maximum atomic E-state index is 7.17. The summed E-state index contributed by atoms with van der Waals surface area (Å²) in [6.45, 7) is 4.19. The molecule has 0 heterocycles. The Balaban J connectivity index is 2.67.